The first-order valence-corrected chi connectivity index (χ1v) is 7.38. The summed E-state index contributed by atoms with van der Waals surface area (Å²) >= 11 is 0. The van der Waals surface area contributed by atoms with Crippen LogP contribution >= 0.6 is 0 Å². The molecular weight excluding hydrogens is 312 g/mol. The maximum atomic E-state index is 11.9. The van der Waals surface area contributed by atoms with Crippen LogP contribution in [0.5, 0.6) is 17.2 Å². The standard InChI is InChI=1S/C18H18O6/c1-12(22-15-6-4-3-5-7-15)17(20)24-18(21)13(2)23-16-10-8-14(19)9-11-16/h3-13,19H,1-2H3/t12-,13-/m1/s1. The van der Waals surface area contributed by atoms with Gasteiger partial charge in [-0.15, -0.1) is 0 Å². The number of aromatic hydroxyl groups is 1. The summed E-state index contributed by atoms with van der Waals surface area (Å²) < 4.78 is 15.5. The van der Waals surface area contributed by atoms with Crippen LogP contribution in [0.15, 0.2) is 54.6 Å². The maximum Gasteiger partial charge on any atom is 0.354 e. The summed E-state index contributed by atoms with van der Waals surface area (Å²) in [6.45, 7) is 2.96. The first-order chi connectivity index (χ1) is 11.5. The fraction of sp³-hybridized carbons (Fsp3) is 0.222. The molecule has 0 fully saturated rings. The maximum absolute atomic E-state index is 11.9. The number of benzene rings is 2. The van der Waals surface area contributed by atoms with E-state index in [1.165, 1.54) is 38.1 Å². The second kappa shape index (κ2) is 8.01. The van der Waals surface area contributed by atoms with Crippen LogP contribution in [0, 0.1) is 0 Å². The molecule has 2 rings (SSSR count). The molecule has 24 heavy (non-hydrogen) atoms. The van der Waals surface area contributed by atoms with Crippen molar-refractivity contribution < 1.29 is 28.9 Å². The molecule has 0 aliphatic carbocycles. The van der Waals surface area contributed by atoms with Gasteiger partial charge in [0, 0.05) is 0 Å². The highest BCUT2D eigenvalue weighted by atomic mass is 16.6. The molecule has 0 aromatic heterocycles. The molecule has 0 radical (unpaired) electrons. The molecule has 2 aromatic carbocycles. The van der Waals surface area contributed by atoms with Crippen LogP contribution in [-0.4, -0.2) is 29.3 Å². The van der Waals surface area contributed by atoms with E-state index in [0.717, 1.165) is 0 Å². The summed E-state index contributed by atoms with van der Waals surface area (Å²) in [5, 5.41) is 9.20. The smallest absolute Gasteiger partial charge is 0.354 e. The van der Waals surface area contributed by atoms with E-state index < -0.39 is 24.1 Å². The SMILES string of the molecule is C[C@@H](Oc1ccccc1)C(=O)OC(=O)[C@@H](C)Oc1ccc(O)cc1. The molecule has 6 nitrogen and oxygen atoms in total. The Morgan fingerprint density at radius 2 is 1.25 bits per heavy atom. The molecular formula is C18H18O6. The Hall–Kier alpha value is -3.02. The zero-order valence-electron chi connectivity index (χ0n) is 13.3. The van der Waals surface area contributed by atoms with E-state index in [2.05, 4.69) is 0 Å². The minimum atomic E-state index is -0.984. The van der Waals surface area contributed by atoms with Crippen molar-refractivity contribution in [3.8, 4) is 17.2 Å². The molecule has 2 atom stereocenters. The van der Waals surface area contributed by atoms with E-state index in [1.54, 1.807) is 24.3 Å². The van der Waals surface area contributed by atoms with Crippen LogP contribution < -0.4 is 9.47 Å². The number of ether oxygens (including phenoxy) is 3. The van der Waals surface area contributed by atoms with Crippen LogP contribution in [0.1, 0.15) is 13.8 Å². The summed E-state index contributed by atoms with van der Waals surface area (Å²) in [5.41, 5.74) is 0. The van der Waals surface area contributed by atoms with Crippen molar-refractivity contribution in [3.05, 3.63) is 54.6 Å². The summed E-state index contributed by atoms with van der Waals surface area (Å²) in [7, 11) is 0. The Morgan fingerprint density at radius 3 is 1.75 bits per heavy atom. The molecule has 0 saturated carbocycles. The van der Waals surface area contributed by atoms with Crippen molar-refractivity contribution in [2.45, 2.75) is 26.1 Å². The van der Waals surface area contributed by atoms with Crippen molar-refractivity contribution in [2.75, 3.05) is 0 Å². The van der Waals surface area contributed by atoms with Gasteiger partial charge in [0.1, 0.15) is 17.2 Å². The summed E-state index contributed by atoms with van der Waals surface area (Å²) in [5.74, 6) is -0.665. The van der Waals surface area contributed by atoms with Gasteiger partial charge in [0.25, 0.3) is 0 Å². The van der Waals surface area contributed by atoms with Crippen molar-refractivity contribution in [3.63, 3.8) is 0 Å². The quantitative estimate of drug-likeness (QED) is 0.648. The Kier molecular flexibility index (Phi) is 5.78. The van der Waals surface area contributed by atoms with Crippen molar-refractivity contribution in [1.29, 1.82) is 0 Å². The highest BCUT2D eigenvalue weighted by Gasteiger charge is 2.24. The van der Waals surface area contributed by atoms with Gasteiger partial charge in [-0.05, 0) is 50.2 Å². The van der Waals surface area contributed by atoms with Crippen LogP contribution in [0.2, 0.25) is 0 Å². The van der Waals surface area contributed by atoms with Gasteiger partial charge in [-0.25, -0.2) is 9.59 Å². The average Bonchev–Trinajstić information content (AvgIpc) is 2.57. The highest BCUT2D eigenvalue weighted by molar-refractivity contribution is 5.89. The summed E-state index contributed by atoms with van der Waals surface area (Å²) in [6, 6.07) is 14.6. The summed E-state index contributed by atoms with van der Waals surface area (Å²) in [4.78, 5) is 23.8. The van der Waals surface area contributed by atoms with Gasteiger partial charge >= 0.3 is 11.9 Å². The Bertz CT molecular complexity index is 680. The lowest BCUT2D eigenvalue weighted by atomic mass is 10.3. The predicted molar refractivity (Wildman–Crippen MR) is 85.8 cm³/mol. The molecule has 0 aliphatic rings. The number of rotatable bonds is 6. The normalized spacial score (nSPS) is 12.8. The third-order valence-electron chi connectivity index (χ3n) is 3.07. The van der Waals surface area contributed by atoms with E-state index in [9.17, 15) is 14.7 Å². The molecule has 0 heterocycles. The zero-order chi connectivity index (χ0) is 17.5. The lowest BCUT2D eigenvalue weighted by molar-refractivity contribution is -0.168. The molecule has 126 valence electrons. The molecule has 0 bridgehead atoms. The Balaban J connectivity index is 1.85. The van der Waals surface area contributed by atoms with Crippen LogP contribution in [0.25, 0.3) is 0 Å². The second-order valence-electron chi connectivity index (χ2n) is 5.07. The fourth-order valence-corrected chi connectivity index (χ4v) is 1.79. The van der Waals surface area contributed by atoms with E-state index in [4.69, 9.17) is 14.2 Å². The van der Waals surface area contributed by atoms with Crippen LogP contribution in [0.3, 0.4) is 0 Å². The van der Waals surface area contributed by atoms with Gasteiger partial charge in [0.15, 0.2) is 12.2 Å². The molecule has 2 aromatic rings. The molecule has 0 unspecified atom stereocenters. The third kappa shape index (κ3) is 5.01. The molecule has 0 saturated heterocycles. The third-order valence-corrected chi connectivity index (χ3v) is 3.07. The molecule has 0 amide bonds. The van der Waals surface area contributed by atoms with Gasteiger partial charge in [0.05, 0.1) is 0 Å². The molecule has 1 N–H and O–H groups in total. The fourth-order valence-electron chi connectivity index (χ4n) is 1.79. The first-order valence-electron chi connectivity index (χ1n) is 7.38. The van der Waals surface area contributed by atoms with E-state index in [1.807, 2.05) is 6.07 Å². The molecule has 0 spiro atoms. The molecule has 0 aliphatic heterocycles. The largest absolute Gasteiger partial charge is 0.508 e. The lowest BCUT2D eigenvalue weighted by Crippen LogP contribution is -2.34. The Morgan fingerprint density at radius 1 is 0.792 bits per heavy atom. The average molecular weight is 330 g/mol. The van der Waals surface area contributed by atoms with Crippen molar-refractivity contribution in [1.82, 2.24) is 0 Å². The van der Waals surface area contributed by atoms with Crippen LogP contribution in [-0.2, 0) is 14.3 Å². The Labute approximate surface area is 139 Å². The lowest BCUT2D eigenvalue weighted by Gasteiger charge is -2.16. The van der Waals surface area contributed by atoms with E-state index in [0.29, 0.717) is 11.5 Å². The number of phenols is 1. The zero-order valence-corrected chi connectivity index (χ0v) is 13.3. The van der Waals surface area contributed by atoms with Gasteiger partial charge in [-0.1, -0.05) is 18.2 Å². The van der Waals surface area contributed by atoms with Crippen molar-refractivity contribution >= 4 is 11.9 Å². The minimum Gasteiger partial charge on any atom is -0.508 e. The molecule has 6 heteroatoms. The van der Waals surface area contributed by atoms with E-state index >= 15 is 0 Å². The number of para-hydroxylation sites is 1. The monoisotopic (exact) mass is 330 g/mol. The van der Waals surface area contributed by atoms with Gasteiger partial charge in [-0.2, -0.15) is 0 Å². The van der Waals surface area contributed by atoms with Crippen LogP contribution in [0.4, 0.5) is 0 Å². The van der Waals surface area contributed by atoms with E-state index in [-0.39, 0.29) is 5.75 Å². The summed E-state index contributed by atoms with van der Waals surface area (Å²) in [6.07, 6.45) is -1.92. The number of hydrogen-bond donors (Lipinski definition) is 1. The second-order valence-corrected chi connectivity index (χ2v) is 5.07. The predicted octanol–water partition coefficient (Wildman–Crippen LogP) is 2.70. The number of hydrogen-bond acceptors (Lipinski definition) is 6. The van der Waals surface area contributed by atoms with Gasteiger partial charge in [0.2, 0.25) is 0 Å². The number of carbonyl (C=O) groups excluding carboxylic acids is 2. The minimum absolute atomic E-state index is 0.0830. The first kappa shape index (κ1) is 17.3. The van der Waals surface area contributed by atoms with Gasteiger partial charge in [-0.3, -0.25) is 0 Å². The number of carbonyl (C=O) groups is 2. The highest BCUT2D eigenvalue weighted by Crippen LogP contribution is 2.17. The topological polar surface area (TPSA) is 82.1 Å². The number of esters is 2. The number of phenolic OH excluding ortho intramolecular Hbond substituents is 1. The van der Waals surface area contributed by atoms with Crippen molar-refractivity contribution in [2.24, 2.45) is 0 Å². The van der Waals surface area contributed by atoms with Gasteiger partial charge < -0.3 is 19.3 Å².